The lowest BCUT2D eigenvalue weighted by molar-refractivity contribution is 0.256. The smallest absolute Gasteiger partial charge is 0.241 e. The first kappa shape index (κ1) is 15.6. The molecule has 0 bridgehead atoms. The highest BCUT2D eigenvalue weighted by molar-refractivity contribution is 7.89. The van der Waals surface area contributed by atoms with Gasteiger partial charge in [-0.05, 0) is 30.2 Å². The summed E-state index contributed by atoms with van der Waals surface area (Å²) in [6.45, 7) is -0.344. The lowest BCUT2D eigenvalue weighted by Crippen LogP contribution is -2.39. The van der Waals surface area contributed by atoms with Gasteiger partial charge < -0.3 is 5.11 Å². The highest BCUT2D eigenvalue weighted by Gasteiger charge is 2.20. The molecular formula is C15H16FNO3S. The third-order valence-electron chi connectivity index (χ3n) is 2.97. The standard InChI is InChI=1S/C15H16FNO3S/c16-13-7-4-8-15(10-13)21(19,20)17-14(11-18)9-12-5-2-1-3-6-12/h1-8,10,14,17-18H,9,11H2/t14-/m1/s1. The van der Waals surface area contributed by atoms with Gasteiger partial charge in [0.05, 0.1) is 11.5 Å². The molecule has 21 heavy (non-hydrogen) atoms. The summed E-state index contributed by atoms with van der Waals surface area (Å²) in [6, 6.07) is 13.3. The number of sulfonamides is 1. The van der Waals surface area contributed by atoms with E-state index in [4.69, 9.17) is 0 Å². The molecule has 2 rings (SSSR count). The fourth-order valence-corrected chi connectivity index (χ4v) is 3.22. The lowest BCUT2D eigenvalue weighted by atomic mass is 10.1. The van der Waals surface area contributed by atoms with Crippen molar-refractivity contribution in [3.05, 3.63) is 66.0 Å². The molecule has 0 spiro atoms. The predicted octanol–water partition coefficient (Wildman–Crippen LogP) is 1.71. The van der Waals surface area contributed by atoms with E-state index in [2.05, 4.69) is 4.72 Å². The third-order valence-corrected chi connectivity index (χ3v) is 4.49. The topological polar surface area (TPSA) is 66.4 Å². The van der Waals surface area contributed by atoms with Crippen molar-refractivity contribution < 1.29 is 17.9 Å². The number of halogens is 1. The SMILES string of the molecule is O=S(=O)(N[C@@H](CO)Cc1ccccc1)c1cccc(F)c1. The van der Waals surface area contributed by atoms with E-state index >= 15 is 0 Å². The van der Waals surface area contributed by atoms with Gasteiger partial charge in [-0.1, -0.05) is 36.4 Å². The summed E-state index contributed by atoms with van der Waals surface area (Å²) in [4.78, 5) is -0.158. The second kappa shape index (κ2) is 6.80. The zero-order chi connectivity index (χ0) is 15.3. The maximum atomic E-state index is 13.1. The zero-order valence-electron chi connectivity index (χ0n) is 11.2. The maximum absolute atomic E-state index is 13.1. The molecule has 0 aliphatic rings. The van der Waals surface area contributed by atoms with E-state index in [-0.39, 0.29) is 11.5 Å². The van der Waals surface area contributed by atoms with Crippen LogP contribution in [-0.4, -0.2) is 26.2 Å². The minimum absolute atomic E-state index is 0.158. The first-order valence-electron chi connectivity index (χ1n) is 6.44. The number of rotatable bonds is 6. The van der Waals surface area contributed by atoms with E-state index in [9.17, 15) is 17.9 Å². The van der Waals surface area contributed by atoms with Crippen molar-refractivity contribution in [3.63, 3.8) is 0 Å². The van der Waals surface area contributed by atoms with Crippen LogP contribution in [0, 0.1) is 5.82 Å². The highest BCUT2D eigenvalue weighted by atomic mass is 32.2. The Kier molecular flexibility index (Phi) is 5.06. The third kappa shape index (κ3) is 4.35. The Hall–Kier alpha value is -1.76. The molecule has 0 radical (unpaired) electrons. The van der Waals surface area contributed by atoms with Crippen molar-refractivity contribution in [2.75, 3.05) is 6.61 Å². The summed E-state index contributed by atoms with van der Waals surface area (Å²) >= 11 is 0. The van der Waals surface area contributed by atoms with E-state index < -0.39 is 21.9 Å². The Bertz CT molecular complexity index is 689. The number of nitrogens with one attached hydrogen (secondary N) is 1. The number of hydrogen-bond acceptors (Lipinski definition) is 3. The summed E-state index contributed by atoms with van der Waals surface area (Å²) in [5, 5.41) is 9.35. The van der Waals surface area contributed by atoms with Crippen LogP contribution in [0.1, 0.15) is 5.56 Å². The molecule has 0 saturated heterocycles. The molecule has 2 aromatic carbocycles. The van der Waals surface area contributed by atoms with E-state index in [0.717, 1.165) is 11.6 Å². The number of aliphatic hydroxyl groups excluding tert-OH is 1. The van der Waals surface area contributed by atoms with E-state index in [0.29, 0.717) is 6.42 Å². The van der Waals surface area contributed by atoms with Gasteiger partial charge in [0.15, 0.2) is 0 Å². The average molecular weight is 309 g/mol. The minimum atomic E-state index is -3.86. The Labute approximate surface area is 123 Å². The van der Waals surface area contributed by atoms with Crippen LogP contribution in [0.25, 0.3) is 0 Å². The number of hydrogen-bond donors (Lipinski definition) is 2. The van der Waals surface area contributed by atoms with Crippen molar-refractivity contribution in [2.45, 2.75) is 17.4 Å². The van der Waals surface area contributed by atoms with Crippen molar-refractivity contribution in [2.24, 2.45) is 0 Å². The van der Waals surface area contributed by atoms with E-state index in [1.54, 1.807) is 0 Å². The van der Waals surface area contributed by atoms with E-state index in [1.807, 2.05) is 30.3 Å². The van der Waals surface area contributed by atoms with Crippen molar-refractivity contribution in [3.8, 4) is 0 Å². The van der Waals surface area contributed by atoms with Crippen LogP contribution in [0.2, 0.25) is 0 Å². The van der Waals surface area contributed by atoms with Crippen LogP contribution >= 0.6 is 0 Å². The van der Waals surface area contributed by atoms with Crippen LogP contribution in [-0.2, 0) is 16.4 Å². The second-order valence-corrected chi connectivity index (χ2v) is 6.36. The summed E-state index contributed by atoms with van der Waals surface area (Å²) in [5.41, 5.74) is 0.901. The van der Waals surface area contributed by atoms with Gasteiger partial charge in [0.25, 0.3) is 0 Å². The molecule has 0 saturated carbocycles. The summed E-state index contributed by atoms with van der Waals surface area (Å²) < 4.78 is 39.8. The molecule has 0 fully saturated rings. The summed E-state index contributed by atoms with van der Waals surface area (Å²) in [5.74, 6) is -0.624. The average Bonchev–Trinajstić information content (AvgIpc) is 2.47. The lowest BCUT2D eigenvalue weighted by Gasteiger charge is -2.16. The van der Waals surface area contributed by atoms with Crippen molar-refractivity contribution >= 4 is 10.0 Å². The zero-order valence-corrected chi connectivity index (χ0v) is 12.1. The predicted molar refractivity (Wildman–Crippen MR) is 77.7 cm³/mol. The Balaban J connectivity index is 2.14. The Morgan fingerprint density at radius 1 is 1.10 bits per heavy atom. The Morgan fingerprint density at radius 2 is 1.81 bits per heavy atom. The van der Waals surface area contributed by atoms with Crippen LogP contribution in [0.5, 0.6) is 0 Å². The normalized spacial score (nSPS) is 13.0. The molecule has 6 heteroatoms. The van der Waals surface area contributed by atoms with Crippen molar-refractivity contribution in [1.29, 1.82) is 0 Å². The molecule has 0 aliphatic heterocycles. The molecule has 0 aliphatic carbocycles. The largest absolute Gasteiger partial charge is 0.395 e. The van der Waals surface area contributed by atoms with Gasteiger partial charge in [-0.15, -0.1) is 0 Å². The van der Waals surface area contributed by atoms with Gasteiger partial charge in [-0.25, -0.2) is 17.5 Å². The molecule has 0 amide bonds. The Morgan fingerprint density at radius 3 is 2.43 bits per heavy atom. The van der Waals surface area contributed by atoms with Crippen molar-refractivity contribution in [1.82, 2.24) is 4.72 Å². The number of aliphatic hydroxyl groups is 1. The van der Waals surface area contributed by atoms with E-state index in [1.165, 1.54) is 18.2 Å². The maximum Gasteiger partial charge on any atom is 0.241 e. The second-order valence-electron chi connectivity index (χ2n) is 4.65. The summed E-state index contributed by atoms with van der Waals surface area (Å²) in [7, 11) is -3.86. The quantitative estimate of drug-likeness (QED) is 0.853. The van der Waals surface area contributed by atoms with Crippen LogP contribution in [0.15, 0.2) is 59.5 Å². The minimum Gasteiger partial charge on any atom is -0.395 e. The van der Waals surface area contributed by atoms with Crippen LogP contribution in [0.3, 0.4) is 0 Å². The van der Waals surface area contributed by atoms with Gasteiger partial charge in [-0.2, -0.15) is 0 Å². The highest BCUT2D eigenvalue weighted by Crippen LogP contribution is 2.12. The van der Waals surface area contributed by atoms with Gasteiger partial charge >= 0.3 is 0 Å². The molecule has 2 N–H and O–H groups in total. The van der Waals surface area contributed by atoms with Crippen LogP contribution < -0.4 is 4.72 Å². The monoisotopic (exact) mass is 309 g/mol. The molecule has 1 atom stereocenters. The number of benzene rings is 2. The first-order chi connectivity index (χ1) is 10.0. The summed E-state index contributed by atoms with van der Waals surface area (Å²) in [6.07, 6.45) is 0.353. The first-order valence-corrected chi connectivity index (χ1v) is 7.92. The molecule has 4 nitrogen and oxygen atoms in total. The fraction of sp³-hybridized carbons (Fsp3) is 0.200. The fourth-order valence-electron chi connectivity index (χ4n) is 1.96. The molecule has 0 unspecified atom stereocenters. The van der Waals surface area contributed by atoms with Gasteiger partial charge in [0.2, 0.25) is 10.0 Å². The molecule has 0 aromatic heterocycles. The van der Waals surface area contributed by atoms with Gasteiger partial charge in [0.1, 0.15) is 5.82 Å². The molecular weight excluding hydrogens is 293 g/mol. The molecule has 112 valence electrons. The van der Waals surface area contributed by atoms with Crippen LogP contribution in [0.4, 0.5) is 4.39 Å². The molecule has 2 aromatic rings. The molecule has 0 heterocycles. The van der Waals surface area contributed by atoms with Gasteiger partial charge in [-0.3, -0.25) is 0 Å². The van der Waals surface area contributed by atoms with Gasteiger partial charge in [0, 0.05) is 6.04 Å².